The van der Waals surface area contributed by atoms with E-state index in [4.69, 9.17) is 0 Å². The molecule has 0 N–H and O–H groups in total. The topological polar surface area (TPSA) is 6.48 Å². The maximum absolute atomic E-state index is 3.59. The molecule has 0 radical (unpaired) electrons. The molecule has 18 heavy (non-hydrogen) atoms. The number of anilines is 1. The maximum atomic E-state index is 3.59. The molecule has 2 atom stereocenters. The second kappa shape index (κ2) is 5.93. The van der Waals surface area contributed by atoms with Gasteiger partial charge in [0.05, 0.1) is 0 Å². The lowest BCUT2D eigenvalue weighted by Crippen LogP contribution is -2.55. The summed E-state index contributed by atoms with van der Waals surface area (Å²) >= 11 is 7.17. The van der Waals surface area contributed by atoms with Gasteiger partial charge >= 0.3 is 0 Å². The van der Waals surface area contributed by atoms with Crippen LogP contribution in [0.2, 0.25) is 0 Å². The largest absolute Gasteiger partial charge is 0.368 e. The van der Waals surface area contributed by atoms with Crippen LogP contribution in [-0.4, -0.2) is 37.1 Å². The first-order valence-electron chi connectivity index (χ1n) is 6.34. The van der Waals surface area contributed by atoms with Crippen molar-refractivity contribution >= 4 is 37.5 Å². The van der Waals surface area contributed by atoms with Gasteiger partial charge in [-0.1, -0.05) is 37.9 Å². The number of likely N-dealkylation sites (N-methyl/N-ethyl adjacent to an activating group) is 1. The van der Waals surface area contributed by atoms with Crippen LogP contribution >= 0.6 is 31.9 Å². The Labute approximate surface area is 127 Å². The SMILES string of the molecule is CC1CN(c2cc(Br)ccc2CBr)CC(C)N1C. The van der Waals surface area contributed by atoms with Crippen molar-refractivity contribution in [1.29, 1.82) is 0 Å². The van der Waals surface area contributed by atoms with Crippen LogP contribution in [-0.2, 0) is 5.33 Å². The summed E-state index contributed by atoms with van der Waals surface area (Å²) in [6.07, 6.45) is 0. The lowest BCUT2D eigenvalue weighted by Gasteiger charge is -2.44. The lowest BCUT2D eigenvalue weighted by atomic mass is 10.1. The normalized spacial score (nSPS) is 25.5. The molecule has 2 nitrogen and oxygen atoms in total. The minimum Gasteiger partial charge on any atom is -0.368 e. The molecular weight excluding hydrogens is 356 g/mol. The van der Waals surface area contributed by atoms with Gasteiger partial charge in [-0.25, -0.2) is 0 Å². The van der Waals surface area contributed by atoms with Crippen LogP contribution in [0.3, 0.4) is 0 Å². The van der Waals surface area contributed by atoms with E-state index in [-0.39, 0.29) is 0 Å². The molecular formula is C14H20Br2N2. The number of alkyl halides is 1. The van der Waals surface area contributed by atoms with E-state index in [9.17, 15) is 0 Å². The highest BCUT2D eigenvalue weighted by Gasteiger charge is 2.27. The lowest BCUT2D eigenvalue weighted by molar-refractivity contribution is 0.170. The molecule has 1 aromatic rings. The first-order valence-corrected chi connectivity index (χ1v) is 8.25. The van der Waals surface area contributed by atoms with Crippen molar-refractivity contribution in [3.63, 3.8) is 0 Å². The van der Waals surface area contributed by atoms with E-state index in [1.807, 2.05) is 0 Å². The average molecular weight is 376 g/mol. The summed E-state index contributed by atoms with van der Waals surface area (Å²) in [6, 6.07) is 7.73. The third-order valence-electron chi connectivity index (χ3n) is 3.89. The Morgan fingerprint density at radius 2 is 1.83 bits per heavy atom. The number of hydrogen-bond donors (Lipinski definition) is 0. The van der Waals surface area contributed by atoms with Crippen LogP contribution in [0.15, 0.2) is 22.7 Å². The van der Waals surface area contributed by atoms with Crippen LogP contribution in [0.1, 0.15) is 19.4 Å². The van der Waals surface area contributed by atoms with Crippen LogP contribution < -0.4 is 4.90 Å². The average Bonchev–Trinajstić information content (AvgIpc) is 2.35. The fourth-order valence-electron chi connectivity index (χ4n) is 2.55. The van der Waals surface area contributed by atoms with Gasteiger partial charge in [-0.3, -0.25) is 4.90 Å². The predicted molar refractivity (Wildman–Crippen MR) is 85.7 cm³/mol. The van der Waals surface area contributed by atoms with Crippen molar-refractivity contribution in [2.75, 3.05) is 25.0 Å². The number of hydrogen-bond acceptors (Lipinski definition) is 2. The summed E-state index contributed by atoms with van der Waals surface area (Å²) in [5, 5.41) is 0.907. The third-order valence-corrected chi connectivity index (χ3v) is 4.99. The summed E-state index contributed by atoms with van der Waals surface area (Å²) in [4.78, 5) is 4.97. The smallest absolute Gasteiger partial charge is 0.0419 e. The highest BCUT2D eigenvalue weighted by molar-refractivity contribution is 9.10. The van der Waals surface area contributed by atoms with E-state index in [0.717, 1.165) is 22.9 Å². The van der Waals surface area contributed by atoms with Gasteiger partial charge in [0.1, 0.15) is 0 Å². The number of benzene rings is 1. The van der Waals surface area contributed by atoms with Crippen molar-refractivity contribution < 1.29 is 0 Å². The fourth-order valence-corrected chi connectivity index (χ4v) is 3.37. The molecule has 0 saturated carbocycles. The molecule has 1 heterocycles. The van der Waals surface area contributed by atoms with Gasteiger partial charge in [-0.15, -0.1) is 0 Å². The molecule has 0 aliphatic carbocycles. The Morgan fingerprint density at radius 1 is 1.22 bits per heavy atom. The van der Waals surface area contributed by atoms with E-state index in [2.05, 4.69) is 80.8 Å². The van der Waals surface area contributed by atoms with Gasteiger partial charge in [0.2, 0.25) is 0 Å². The Morgan fingerprint density at radius 3 is 2.39 bits per heavy atom. The molecule has 1 fully saturated rings. The van der Waals surface area contributed by atoms with Crippen molar-refractivity contribution in [1.82, 2.24) is 4.90 Å². The van der Waals surface area contributed by atoms with Gasteiger partial charge in [0.15, 0.2) is 0 Å². The number of rotatable bonds is 2. The van der Waals surface area contributed by atoms with E-state index >= 15 is 0 Å². The molecule has 1 aromatic carbocycles. The maximum Gasteiger partial charge on any atom is 0.0419 e. The molecule has 0 spiro atoms. The van der Waals surface area contributed by atoms with E-state index < -0.39 is 0 Å². The van der Waals surface area contributed by atoms with Crippen LogP contribution in [0.25, 0.3) is 0 Å². The van der Waals surface area contributed by atoms with Gasteiger partial charge in [0, 0.05) is 40.7 Å². The summed E-state index contributed by atoms with van der Waals surface area (Å²) < 4.78 is 1.15. The number of nitrogens with zero attached hydrogens (tertiary/aromatic N) is 2. The Kier molecular flexibility index (Phi) is 4.73. The van der Waals surface area contributed by atoms with Crippen molar-refractivity contribution in [3.8, 4) is 0 Å². The van der Waals surface area contributed by atoms with Gasteiger partial charge in [-0.2, -0.15) is 0 Å². The molecule has 1 aliphatic rings. The highest BCUT2D eigenvalue weighted by Crippen LogP contribution is 2.29. The summed E-state index contributed by atoms with van der Waals surface area (Å²) in [5.41, 5.74) is 2.72. The Hall–Kier alpha value is -0.0600. The number of piperazine rings is 1. The molecule has 100 valence electrons. The standard InChI is InChI=1S/C14H20Br2N2/c1-10-8-18(9-11(2)17(10)3)14-6-13(16)5-4-12(14)7-15/h4-6,10-11H,7-9H2,1-3H3. The van der Waals surface area contributed by atoms with Crippen molar-refractivity contribution in [2.24, 2.45) is 0 Å². The van der Waals surface area contributed by atoms with E-state index in [0.29, 0.717) is 12.1 Å². The molecule has 2 unspecified atom stereocenters. The monoisotopic (exact) mass is 374 g/mol. The first kappa shape index (κ1) is 14.4. The van der Waals surface area contributed by atoms with E-state index in [1.54, 1.807) is 0 Å². The van der Waals surface area contributed by atoms with E-state index in [1.165, 1.54) is 11.3 Å². The van der Waals surface area contributed by atoms with Crippen molar-refractivity contribution in [2.45, 2.75) is 31.3 Å². The van der Waals surface area contributed by atoms with Crippen LogP contribution in [0, 0.1) is 0 Å². The van der Waals surface area contributed by atoms with Gasteiger partial charge in [0.25, 0.3) is 0 Å². The molecule has 4 heteroatoms. The second-order valence-electron chi connectivity index (χ2n) is 5.18. The summed E-state index contributed by atoms with van der Waals surface area (Å²) in [7, 11) is 2.22. The Bertz CT molecular complexity index is 410. The first-order chi connectivity index (χ1) is 8.52. The van der Waals surface area contributed by atoms with Crippen molar-refractivity contribution in [3.05, 3.63) is 28.2 Å². The van der Waals surface area contributed by atoms with Gasteiger partial charge < -0.3 is 4.90 Å². The minimum atomic E-state index is 0.593. The zero-order valence-electron chi connectivity index (χ0n) is 11.2. The van der Waals surface area contributed by atoms with Crippen LogP contribution in [0.5, 0.6) is 0 Å². The fraction of sp³-hybridized carbons (Fsp3) is 0.571. The molecule has 0 aromatic heterocycles. The third kappa shape index (κ3) is 2.91. The molecule has 1 aliphatic heterocycles. The predicted octanol–water partition coefficient (Wildman–Crippen LogP) is 3.87. The highest BCUT2D eigenvalue weighted by atomic mass is 79.9. The molecule has 1 saturated heterocycles. The molecule has 2 rings (SSSR count). The zero-order chi connectivity index (χ0) is 13.3. The minimum absolute atomic E-state index is 0.593. The zero-order valence-corrected chi connectivity index (χ0v) is 14.3. The summed E-state index contributed by atoms with van der Waals surface area (Å²) in [5.74, 6) is 0. The molecule has 0 amide bonds. The quantitative estimate of drug-likeness (QED) is 0.724. The van der Waals surface area contributed by atoms with Gasteiger partial charge in [-0.05, 0) is 38.6 Å². The second-order valence-corrected chi connectivity index (χ2v) is 6.65. The summed E-state index contributed by atoms with van der Waals surface area (Å²) in [6.45, 7) is 6.79. The van der Waals surface area contributed by atoms with Crippen LogP contribution in [0.4, 0.5) is 5.69 Å². The number of halogens is 2. The Balaban J connectivity index is 2.28. The molecule has 0 bridgehead atoms.